The number of hydrogen-bond acceptors (Lipinski definition) is 7. The highest BCUT2D eigenvalue weighted by atomic mass is 16.6. The molecular formula is C35H56O8. The molecule has 2 aliphatic heterocycles. The van der Waals surface area contributed by atoms with Gasteiger partial charge in [-0.3, -0.25) is 4.79 Å². The molecule has 0 aromatic heterocycles. The molecule has 8 heteroatoms. The SMILES string of the molecule is CC[C@H](C(=O)[C@H](CC)[C@H]1O[C@](CC)([C@H]2CC[C@](O)(CC)[C@H](C)O2)C[C@@H]1C)[C@@H](O)[C@H](C)CCc1ccc(C)c(O)c1C(=O)O. The van der Waals surface area contributed by atoms with Gasteiger partial charge in [-0.1, -0.05) is 53.7 Å². The third-order valence-corrected chi connectivity index (χ3v) is 10.9. The number of benzene rings is 1. The van der Waals surface area contributed by atoms with Crippen LogP contribution in [0.15, 0.2) is 12.1 Å². The van der Waals surface area contributed by atoms with E-state index in [2.05, 4.69) is 13.8 Å². The molecule has 1 aromatic rings. The van der Waals surface area contributed by atoms with Crippen LogP contribution in [-0.2, 0) is 20.7 Å². The molecule has 10 atom stereocenters. The lowest BCUT2D eigenvalue weighted by Gasteiger charge is -2.47. The van der Waals surface area contributed by atoms with Crippen molar-refractivity contribution in [1.82, 2.24) is 0 Å². The van der Waals surface area contributed by atoms with E-state index in [-0.39, 0.29) is 53.2 Å². The highest BCUT2D eigenvalue weighted by Gasteiger charge is 2.55. The van der Waals surface area contributed by atoms with Crippen LogP contribution in [0.5, 0.6) is 5.75 Å². The van der Waals surface area contributed by atoms with E-state index >= 15 is 0 Å². The largest absolute Gasteiger partial charge is 0.507 e. The zero-order chi connectivity index (χ0) is 32.3. The van der Waals surface area contributed by atoms with Gasteiger partial charge in [0.05, 0.1) is 35.6 Å². The smallest absolute Gasteiger partial charge is 0.339 e. The summed E-state index contributed by atoms with van der Waals surface area (Å²) in [6, 6.07) is 3.41. The predicted molar refractivity (Wildman–Crippen MR) is 166 cm³/mol. The summed E-state index contributed by atoms with van der Waals surface area (Å²) in [5, 5.41) is 42.4. The molecule has 0 amide bonds. The van der Waals surface area contributed by atoms with E-state index in [1.807, 2.05) is 34.6 Å². The Morgan fingerprint density at radius 1 is 1.09 bits per heavy atom. The Kier molecular flexibility index (Phi) is 11.9. The third kappa shape index (κ3) is 7.13. The van der Waals surface area contributed by atoms with Gasteiger partial charge in [0.25, 0.3) is 0 Å². The van der Waals surface area contributed by atoms with Crippen LogP contribution in [0.1, 0.15) is 121 Å². The van der Waals surface area contributed by atoms with Crippen LogP contribution in [0, 0.1) is 30.6 Å². The van der Waals surface area contributed by atoms with Crippen LogP contribution >= 0.6 is 0 Å². The minimum Gasteiger partial charge on any atom is -0.507 e. The van der Waals surface area contributed by atoms with Crippen LogP contribution in [0.25, 0.3) is 0 Å². The van der Waals surface area contributed by atoms with Crippen LogP contribution in [0.2, 0.25) is 0 Å². The number of aromatic hydroxyl groups is 1. The van der Waals surface area contributed by atoms with Crippen LogP contribution in [-0.4, -0.2) is 67.8 Å². The van der Waals surface area contributed by atoms with Gasteiger partial charge in [-0.05, 0) is 94.6 Å². The van der Waals surface area contributed by atoms with Gasteiger partial charge < -0.3 is 29.9 Å². The zero-order valence-electron chi connectivity index (χ0n) is 27.6. The van der Waals surface area contributed by atoms with E-state index in [4.69, 9.17) is 9.47 Å². The molecule has 1 aromatic carbocycles. The molecule has 4 N–H and O–H groups in total. The molecule has 2 saturated heterocycles. The molecule has 2 fully saturated rings. The number of carboxylic acid groups (broad SMARTS) is 1. The number of ketones is 1. The number of rotatable bonds is 14. The van der Waals surface area contributed by atoms with Gasteiger partial charge in [-0.2, -0.15) is 0 Å². The number of hydrogen-bond donors (Lipinski definition) is 4. The van der Waals surface area contributed by atoms with Crippen molar-refractivity contribution in [2.45, 2.75) is 149 Å². The summed E-state index contributed by atoms with van der Waals surface area (Å²) in [6.07, 6.45) is 3.87. The second kappa shape index (κ2) is 14.4. The van der Waals surface area contributed by atoms with Gasteiger partial charge in [0.15, 0.2) is 0 Å². The lowest BCUT2D eigenvalue weighted by molar-refractivity contribution is -0.229. The minimum atomic E-state index is -1.18. The van der Waals surface area contributed by atoms with Crippen molar-refractivity contribution in [3.8, 4) is 5.75 Å². The summed E-state index contributed by atoms with van der Waals surface area (Å²) in [5.41, 5.74) is -0.429. The van der Waals surface area contributed by atoms with Crippen molar-refractivity contribution >= 4 is 11.8 Å². The van der Waals surface area contributed by atoms with E-state index in [1.165, 1.54) is 0 Å². The topological polar surface area (TPSA) is 134 Å². The number of aromatic carboxylic acids is 1. The van der Waals surface area contributed by atoms with Crippen molar-refractivity contribution in [3.05, 3.63) is 28.8 Å². The average molecular weight is 605 g/mol. The predicted octanol–water partition coefficient (Wildman–Crippen LogP) is 6.23. The maximum atomic E-state index is 14.1. The number of ether oxygens (including phenoxy) is 2. The van der Waals surface area contributed by atoms with Gasteiger partial charge in [-0.15, -0.1) is 0 Å². The maximum Gasteiger partial charge on any atom is 0.339 e. The van der Waals surface area contributed by atoms with E-state index in [0.29, 0.717) is 56.1 Å². The third-order valence-electron chi connectivity index (χ3n) is 10.9. The van der Waals surface area contributed by atoms with Gasteiger partial charge in [0.2, 0.25) is 0 Å². The molecule has 0 bridgehead atoms. The fourth-order valence-corrected chi connectivity index (χ4v) is 7.73. The summed E-state index contributed by atoms with van der Waals surface area (Å²) in [5.74, 6) is -2.45. The Morgan fingerprint density at radius 2 is 1.77 bits per heavy atom. The minimum absolute atomic E-state index is 0.0191. The molecule has 244 valence electrons. The molecule has 8 nitrogen and oxygen atoms in total. The molecule has 0 radical (unpaired) electrons. The van der Waals surface area contributed by atoms with Crippen molar-refractivity contribution < 1.29 is 39.5 Å². The lowest BCUT2D eigenvalue weighted by Crippen LogP contribution is -2.55. The number of carbonyl (C=O) groups is 2. The molecule has 0 spiro atoms. The highest BCUT2D eigenvalue weighted by Crippen LogP contribution is 2.48. The molecule has 43 heavy (non-hydrogen) atoms. The van der Waals surface area contributed by atoms with Crippen LogP contribution < -0.4 is 0 Å². The highest BCUT2D eigenvalue weighted by molar-refractivity contribution is 5.93. The quantitative estimate of drug-likeness (QED) is 0.196. The van der Waals surface area contributed by atoms with Crippen LogP contribution in [0.3, 0.4) is 0 Å². The lowest BCUT2D eigenvalue weighted by atomic mass is 9.75. The number of carboxylic acids is 1. The summed E-state index contributed by atoms with van der Waals surface area (Å²) < 4.78 is 13.3. The van der Waals surface area contributed by atoms with Crippen LogP contribution in [0.4, 0.5) is 0 Å². The molecular weight excluding hydrogens is 548 g/mol. The van der Waals surface area contributed by atoms with Gasteiger partial charge >= 0.3 is 5.97 Å². The van der Waals surface area contributed by atoms with Crippen molar-refractivity contribution in [2.75, 3.05) is 0 Å². The van der Waals surface area contributed by atoms with Gasteiger partial charge in [0.1, 0.15) is 17.1 Å². The van der Waals surface area contributed by atoms with E-state index in [1.54, 1.807) is 19.1 Å². The Morgan fingerprint density at radius 3 is 2.30 bits per heavy atom. The summed E-state index contributed by atoms with van der Waals surface area (Å²) in [6.45, 7) is 15.7. The molecule has 0 aliphatic carbocycles. The first-order valence-corrected chi connectivity index (χ1v) is 16.5. The number of aryl methyl sites for hydroxylation is 2. The second-order valence-electron chi connectivity index (χ2n) is 13.5. The molecule has 2 aliphatic rings. The standard InChI is InChI=1S/C35H56O8/c1-9-25(29(36)20(5)13-15-24-16-14-21(6)30(37)28(24)33(39)40)31(38)26(10-2)32-22(7)19-35(12-4,43-32)27-17-18-34(41,11-3)23(8)42-27/h14,16,20,22-23,25-27,29,32,36-37,41H,9-13,15,17-19H2,1-8H3,(H,39,40)/t20-,22+,23+,25+,26+,27-,29+,32+,34-,35+/m1/s1. The Labute approximate surface area is 258 Å². The monoisotopic (exact) mass is 604 g/mol. The Balaban J connectivity index is 1.73. The van der Waals surface area contributed by atoms with Crippen molar-refractivity contribution in [1.29, 1.82) is 0 Å². The first-order chi connectivity index (χ1) is 20.2. The van der Waals surface area contributed by atoms with Crippen molar-refractivity contribution in [2.24, 2.45) is 23.7 Å². The first-order valence-electron chi connectivity index (χ1n) is 16.5. The number of carbonyl (C=O) groups excluding carboxylic acids is 1. The molecule has 2 heterocycles. The fourth-order valence-electron chi connectivity index (χ4n) is 7.73. The Hall–Kier alpha value is -2.00. The normalized spacial score (nSPS) is 32.2. The van der Waals surface area contributed by atoms with E-state index in [9.17, 15) is 30.0 Å². The average Bonchev–Trinajstić information content (AvgIpc) is 3.32. The summed E-state index contributed by atoms with van der Waals surface area (Å²) in [4.78, 5) is 25.9. The first kappa shape index (κ1) is 35.5. The van der Waals surface area contributed by atoms with E-state index < -0.39 is 29.2 Å². The number of aliphatic hydroxyl groups excluding tert-OH is 1. The number of phenols is 1. The Bertz CT molecular complexity index is 1120. The fraction of sp³-hybridized carbons (Fsp3) is 0.771. The summed E-state index contributed by atoms with van der Waals surface area (Å²) >= 11 is 0. The molecule has 0 saturated carbocycles. The number of aliphatic hydroxyl groups is 2. The zero-order valence-corrected chi connectivity index (χ0v) is 27.6. The van der Waals surface area contributed by atoms with Gasteiger partial charge in [0, 0.05) is 11.8 Å². The van der Waals surface area contributed by atoms with Crippen molar-refractivity contribution in [3.63, 3.8) is 0 Å². The van der Waals surface area contributed by atoms with E-state index in [0.717, 1.165) is 12.8 Å². The molecule has 0 unspecified atom stereocenters. The number of Topliss-reactive ketones (excluding diaryl/α,β-unsaturated/α-hetero) is 1. The maximum absolute atomic E-state index is 14.1. The summed E-state index contributed by atoms with van der Waals surface area (Å²) in [7, 11) is 0. The second-order valence-corrected chi connectivity index (χ2v) is 13.5. The van der Waals surface area contributed by atoms with Gasteiger partial charge in [-0.25, -0.2) is 4.79 Å². The molecule has 3 rings (SSSR count).